The van der Waals surface area contributed by atoms with Gasteiger partial charge in [0, 0.05) is 26.1 Å². The van der Waals surface area contributed by atoms with E-state index in [9.17, 15) is 33.5 Å². The number of aliphatic hydroxyl groups excluding tert-OH is 2. The molecule has 0 bridgehead atoms. The summed E-state index contributed by atoms with van der Waals surface area (Å²) in [6.07, 6.45) is -2.38. The number of nitro groups is 1. The number of rotatable bonds is 12. The van der Waals surface area contributed by atoms with E-state index in [0.29, 0.717) is 6.42 Å². The first-order chi connectivity index (χ1) is 19.4. The van der Waals surface area contributed by atoms with Gasteiger partial charge in [0.1, 0.15) is 30.2 Å². The van der Waals surface area contributed by atoms with Crippen molar-refractivity contribution in [2.45, 2.75) is 49.2 Å². The summed E-state index contributed by atoms with van der Waals surface area (Å²) in [7, 11) is -3.17. The summed E-state index contributed by atoms with van der Waals surface area (Å²) in [4.78, 5) is 33.5. The number of sulfonamides is 1. The quantitative estimate of drug-likeness (QED) is 0.108. The molecule has 1 aliphatic rings. The Labute approximate surface area is 233 Å². The SMILES string of the molecule is COc1ccc(S(=O)(=O)N(CCCCOC(C)=O)C[C@H]2O[C@@H](n3cnc4c(N)ncnc43)[C@H](O)[C@@H]2O)cc1[N+](=O)[O-]. The van der Waals surface area contributed by atoms with Gasteiger partial charge in [-0.15, -0.1) is 0 Å². The van der Waals surface area contributed by atoms with Crippen LogP contribution in [0.1, 0.15) is 26.0 Å². The molecule has 0 spiro atoms. The van der Waals surface area contributed by atoms with E-state index < -0.39 is 57.7 Å². The zero-order chi connectivity index (χ0) is 29.9. The van der Waals surface area contributed by atoms with Crippen LogP contribution in [0.3, 0.4) is 0 Å². The lowest BCUT2D eigenvalue weighted by atomic mass is 10.1. The molecule has 4 rings (SSSR count). The Morgan fingerprint density at radius 1 is 1.24 bits per heavy atom. The normalized spacial score (nSPS) is 20.9. The number of aromatic nitrogens is 4. The van der Waals surface area contributed by atoms with E-state index in [1.165, 1.54) is 43.4 Å². The summed E-state index contributed by atoms with van der Waals surface area (Å²) in [5, 5.41) is 33.2. The molecule has 1 aromatic carbocycles. The van der Waals surface area contributed by atoms with Crippen molar-refractivity contribution < 1.29 is 42.6 Å². The molecule has 0 aliphatic carbocycles. The number of imidazole rings is 1. The molecular formula is C23H29N7O10S. The fraction of sp³-hybridized carbons (Fsp3) is 0.478. The molecule has 0 radical (unpaired) electrons. The maximum Gasteiger partial charge on any atom is 0.312 e. The average molecular weight is 596 g/mol. The number of hydrogen-bond acceptors (Lipinski definition) is 14. The molecule has 0 saturated carbocycles. The Hall–Kier alpha value is -3.97. The summed E-state index contributed by atoms with van der Waals surface area (Å²) in [5.41, 5.74) is 5.76. The molecule has 1 saturated heterocycles. The monoisotopic (exact) mass is 595 g/mol. The number of esters is 1. The molecule has 3 heterocycles. The fourth-order valence-electron chi connectivity index (χ4n) is 4.40. The lowest BCUT2D eigenvalue weighted by molar-refractivity contribution is -0.386. The molecular weight excluding hydrogens is 566 g/mol. The van der Waals surface area contributed by atoms with Crippen molar-refractivity contribution in [3.05, 3.63) is 41.0 Å². The van der Waals surface area contributed by atoms with Crippen LogP contribution in [0.25, 0.3) is 11.2 Å². The summed E-state index contributed by atoms with van der Waals surface area (Å²) < 4.78 is 45.5. The molecule has 3 aromatic rings. The van der Waals surface area contributed by atoms with Crippen molar-refractivity contribution in [1.29, 1.82) is 0 Å². The zero-order valence-electron chi connectivity index (χ0n) is 22.1. The highest BCUT2D eigenvalue weighted by atomic mass is 32.2. The van der Waals surface area contributed by atoms with Crippen LogP contribution in [0.5, 0.6) is 5.75 Å². The van der Waals surface area contributed by atoms with E-state index in [0.717, 1.165) is 10.4 Å². The summed E-state index contributed by atoms with van der Waals surface area (Å²) in [6.45, 7) is 0.764. The number of unbranched alkanes of at least 4 members (excludes halogenated alkanes) is 1. The largest absolute Gasteiger partial charge is 0.490 e. The van der Waals surface area contributed by atoms with Crippen LogP contribution >= 0.6 is 0 Å². The van der Waals surface area contributed by atoms with Gasteiger partial charge in [0.25, 0.3) is 0 Å². The Morgan fingerprint density at radius 3 is 2.68 bits per heavy atom. The minimum Gasteiger partial charge on any atom is -0.490 e. The summed E-state index contributed by atoms with van der Waals surface area (Å²) in [5.74, 6) is -0.515. The Morgan fingerprint density at radius 2 is 2.00 bits per heavy atom. The molecule has 0 amide bonds. The molecule has 18 heteroatoms. The second-order valence-corrected chi connectivity index (χ2v) is 11.1. The van der Waals surface area contributed by atoms with Crippen molar-refractivity contribution in [2.24, 2.45) is 0 Å². The van der Waals surface area contributed by atoms with Crippen molar-refractivity contribution >= 4 is 38.7 Å². The number of anilines is 1. The molecule has 222 valence electrons. The third kappa shape index (κ3) is 6.20. The van der Waals surface area contributed by atoms with E-state index in [4.69, 9.17) is 19.9 Å². The highest BCUT2D eigenvalue weighted by Crippen LogP contribution is 2.34. The first-order valence-electron chi connectivity index (χ1n) is 12.4. The Balaban J connectivity index is 1.61. The number of nitrogen functional groups attached to an aromatic ring is 1. The predicted molar refractivity (Wildman–Crippen MR) is 140 cm³/mol. The van der Waals surface area contributed by atoms with Crippen LogP contribution in [0.4, 0.5) is 11.5 Å². The third-order valence-corrected chi connectivity index (χ3v) is 8.34. The van der Waals surface area contributed by atoms with Crippen molar-refractivity contribution in [2.75, 3.05) is 32.5 Å². The second-order valence-electron chi connectivity index (χ2n) is 9.13. The first kappa shape index (κ1) is 30.0. The number of nitrogens with zero attached hydrogens (tertiary/aromatic N) is 6. The Kier molecular flexibility index (Phi) is 8.98. The zero-order valence-corrected chi connectivity index (χ0v) is 22.9. The van der Waals surface area contributed by atoms with Crippen molar-refractivity contribution in [3.8, 4) is 5.75 Å². The number of carbonyl (C=O) groups is 1. The van der Waals surface area contributed by atoms with Crippen molar-refractivity contribution in [3.63, 3.8) is 0 Å². The second kappa shape index (κ2) is 12.3. The van der Waals surface area contributed by atoms with E-state index in [1.807, 2.05) is 0 Å². The molecule has 17 nitrogen and oxygen atoms in total. The number of nitrogens with two attached hydrogens (primary N) is 1. The number of benzene rings is 1. The standard InChI is InChI=1S/C23H29N7O10S/c1-13(31)39-8-4-3-7-28(41(36,37)14-5-6-16(38-2)15(9-14)30(34)35)10-17-19(32)20(33)23(40-17)29-12-27-18-21(24)25-11-26-22(18)29/h5-6,9,11-12,17,19-20,23,32-33H,3-4,7-8,10H2,1-2H3,(H2,24,25,26)/t17-,19-,20-,23-/m1/s1. The smallest absolute Gasteiger partial charge is 0.312 e. The highest BCUT2D eigenvalue weighted by molar-refractivity contribution is 7.89. The number of methoxy groups -OCH3 is 1. The van der Waals surface area contributed by atoms with Gasteiger partial charge in [0.2, 0.25) is 10.0 Å². The van der Waals surface area contributed by atoms with Crippen LogP contribution < -0.4 is 10.5 Å². The minimum atomic E-state index is -4.39. The minimum absolute atomic E-state index is 0.0548. The summed E-state index contributed by atoms with van der Waals surface area (Å²) in [6, 6.07) is 3.21. The van der Waals surface area contributed by atoms with Crippen LogP contribution in [0.2, 0.25) is 0 Å². The van der Waals surface area contributed by atoms with Gasteiger partial charge in [-0.25, -0.2) is 23.4 Å². The average Bonchev–Trinajstić information content (AvgIpc) is 3.48. The van der Waals surface area contributed by atoms with Crippen LogP contribution in [0.15, 0.2) is 35.7 Å². The van der Waals surface area contributed by atoms with Gasteiger partial charge >= 0.3 is 11.7 Å². The van der Waals surface area contributed by atoms with Gasteiger partial charge < -0.3 is 30.2 Å². The van der Waals surface area contributed by atoms with Gasteiger partial charge in [-0.1, -0.05) is 0 Å². The van der Waals surface area contributed by atoms with Gasteiger partial charge in [0.05, 0.1) is 29.9 Å². The number of hydrogen-bond donors (Lipinski definition) is 3. The van der Waals surface area contributed by atoms with Gasteiger partial charge in [-0.3, -0.25) is 19.5 Å². The summed E-state index contributed by atoms with van der Waals surface area (Å²) >= 11 is 0. The van der Waals surface area contributed by atoms with Crippen LogP contribution in [-0.4, -0.2) is 98.5 Å². The maximum atomic E-state index is 13.7. The number of aliphatic hydroxyl groups is 2. The molecule has 0 unspecified atom stereocenters. The lowest BCUT2D eigenvalue weighted by Gasteiger charge is -2.26. The highest BCUT2D eigenvalue weighted by Gasteiger charge is 2.46. The van der Waals surface area contributed by atoms with Crippen LogP contribution in [0, 0.1) is 10.1 Å². The van der Waals surface area contributed by atoms with E-state index in [-0.39, 0.29) is 47.2 Å². The van der Waals surface area contributed by atoms with Gasteiger partial charge in [0.15, 0.2) is 23.4 Å². The number of ether oxygens (including phenoxy) is 3. The van der Waals surface area contributed by atoms with Crippen molar-refractivity contribution in [1.82, 2.24) is 23.8 Å². The molecule has 1 fully saturated rings. The third-order valence-electron chi connectivity index (χ3n) is 6.47. The lowest BCUT2D eigenvalue weighted by Crippen LogP contribution is -2.43. The predicted octanol–water partition coefficient (Wildman–Crippen LogP) is -0.0213. The van der Waals surface area contributed by atoms with E-state index in [1.54, 1.807) is 0 Å². The van der Waals surface area contributed by atoms with Gasteiger partial charge in [-0.05, 0) is 25.0 Å². The number of nitro benzene ring substituents is 1. The molecule has 4 N–H and O–H groups in total. The first-order valence-corrected chi connectivity index (χ1v) is 13.8. The van der Waals surface area contributed by atoms with Gasteiger partial charge in [-0.2, -0.15) is 4.31 Å². The number of carbonyl (C=O) groups excluding carboxylic acids is 1. The number of fused-ring (bicyclic) bond motifs is 1. The van der Waals surface area contributed by atoms with Crippen LogP contribution in [-0.2, 0) is 24.3 Å². The Bertz CT molecular complexity index is 1530. The fourth-order valence-corrected chi connectivity index (χ4v) is 5.92. The maximum absolute atomic E-state index is 13.7. The topological polar surface area (TPSA) is 235 Å². The molecule has 41 heavy (non-hydrogen) atoms. The van der Waals surface area contributed by atoms with E-state index in [2.05, 4.69) is 15.0 Å². The molecule has 2 aromatic heterocycles. The van der Waals surface area contributed by atoms with E-state index >= 15 is 0 Å². The molecule has 1 aliphatic heterocycles. The molecule has 4 atom stereocenters.